The number of fused-ring (bicyclic) bond motifs is 1. The molecule has 0 spiro atoms. The number of aromatic amines is 1. The molecule has 29 heavy (non-hydrogen) atoms. The normalized spacial score (nSPS) is 16.1. The van der Waals surface area contributed by atoms with Crippen LogP contribution < -0.4 is 15.6 Å². The average molecular weight is 411 g/mol. The van der Waals surface area contributed by atoms with Gasteiger partial charge in [0.05, 0.1) is 29.8 Å². The number of ether oxygens (including phenoxy) is 2. The summed E-state index contributed by atoms with van der Waals surface area (Å²) >= 11 is 5.40. The predicted octanol–water partition coefficient (Wildman–Crippen LogP) is 2.97. The fraction of sp³-hybridized carbons (Fsp3) is 0.286. The van der Waals surface area contributed by atoms with Crippen LogP contribution in [-0.2, 0) is 4.74 Å². The molecule has 7 nitrogen and oxygen atoms in total. The molecule has 1 aliphatic heterocycles. The number of benzene rings is 2. The van der Waals surface area contributed by atoms with Crippen LogP contribution in [-0.4, -0.2) is 41.8 Å². The van der Waals surface area contributed by atoms with Gasteiger partial charge < -0.3 is 19.8 Å². The smallest absolute Gasteiger partial charge is 0.266 e. The molecule has 2 aromatic carbocycles. The van der Waals surface area contributed by atoms with Crippen LogP contribution in [0.3, 0.4) is 0 Å². The Morgan fingerprint density at radius 1 is 1.31 bits per heavy atom. The Bertz CT molecular complexity index is 1160. The van der Waals surface area contributed by atoms with E-state index in [-0.39, 0.29) is 22.3 Å². The first kappa shape index (κ1) is 19.4. The number of methoxy groups -OCH3 is 1. The molecule has 3 aromatic rings. The van der Waals surface area contributed by atoms with Crippen molar-refractivity contribution in [3.8, 4) is 11.4 Å². The molecule has 150 valence electrons. The molecule has 0 radical (unpaired) electrons. The number of carbonyl (C=O) groups excluding carboxylic acids is 1. The lowest BCUT2D eigenvalue weighted by molar-refractivity contribution is 0.0858. The highest BCUT2D eigenvalue weighted by Crippen LogP contribution is 2.17. The predicted molar refractivity (Wildman–Crippen MR) is 113 cm³/mol. The number of H-pyrrole nitrogens is 1. The Morgan fingerprint density at radius 3 is 2.79 bits per heavy atom. The Kier molecular flexibility index (Phi) is 5.46. The lowest BCUT2D eigenvalue weighted by Gasteiger charge is -2.12. The number of carbonyl (C=O) groups is 1. The van der Waals surface area contributed by atoms with Crippen molar-refractivity contribution < 1.29 is 14.3 Å². The summed E-state index contributed by atoms with van der Waals surface area (Å²) < 4.78 is 12.4. The van der Waals surface area contributed by atoms with Gasteiger partial charge in [0, 0.05) is 18.7 Å². The minimum Gasteiger partial charge on any atom is -0.497 e. The molecule has 1 fully saturated rings. The van der Waals surface area contributed by atoms with Crippen LogP contribution in [0.15, 0.2) is 47.3 Å². The van der Waals surface area contributed by atoms with Gasteiger partial charge in [0.25, 0.3) is 11.5 Å². The lowest BCUT2D eigenvalue weighted by Crippen LogP contribution is -2.31. The molecular formula is C21H21N3O4S. The van der Waals surface area contributed by atoms with Crippen LogP contribution in [0.1, 0.15) is 23.2 Å². The topological polar surface area (TPSA) is 85.3 Å². The van der Waals surface area contributed by atoms with Crippen LogP contribution in [0, 0.1) is 4.77 Å². The van der Waals surface area contributed by atoms with E-state index in [4.69, 9.17) is 21.7 Å². The van der Waals surface area contributed by atoms with Gasteiger partial charge in [0.1, 0.15) is 5.75 Å². The molecule has 8 heteroatoms. The van der Waals surface area contributed by atoms with E-state index in [1.54, 1.807) is 49.6 Å². The van der Waals surface area contributed by atoms with Gasteiger partial charge in [-0.05, 0) is 67.5 Å². The first-order valence-electron chi connectivity index (χ1n) is 9.40. The highest BCUT2D eigenvalue weighted by molar-refractivity contribution is 7.71. The summed E-state index contributed by atoms with van der Waals surface area (Å²) in [7, 11) is 1.58. The van der Waals surface area contributed by atoms with Crippen molar-refractivity contribution in [3.63, 3.8) is 0 Å². The SMILES string of the molecule is COc1ccc(-n2c(=S)[nH]c3cc(C(=O)NCC4CCCO4)ccc3c2=O)cc1. The van der Waals surface area contributed by atoms with Gasteiger partial charge in [-0.3, -0.25) is 14.2 Å². The van der Waals surface area contributed by atoms with Crippen molar-refractivity contribution in [2.24, 2.45) is 0 Å². The maximum atomic E-state index is 13.0. The quantitative estimate of drug-likeness (QED) is 0.631. The molecule has 1 atom stereocenters. The van der Waals surface area contributed by atoms with Crippen molar-refractivity contribution in [1.82, 2.24) is 14.9 Å². The number of nitrogens with one attached hydrogen (secondary N) is 2. The van der Waals surface area contributed by atoms with Gasteiger partial charge >= 0.3 is 0 Å². The summed E-state index contributed by atoms with van der Waals surface area (Å²) in [4.78, 5) is 28.5. The van der Waals surface area contributed by atoms with Crippen molar-refractivity contribution >= 4 is 29.0 Å². The van der Waals surface area contributed by atoms with E-state index in [0.717, 1.165) is 19.4 Å². The highest BCUT2D eigenvalue weighted by Gasteiger charge is 2.17. The molecule has 2 N–H and O–H groups in total. The van der Waals surface area contributed by atoms with Crippen LogP contribution >= 0.6 is 12.2 Å². The monoisotopic (exact) mass is 411 g/mol. The van der Waals surface area contributed by atoms with Gasteiger partial charge in [-0.25, -0.2) is 0 Å². The number of hydrogen-bond acceptors (Lipinski definition) is 5. The molecule has 1 saturated heterocycles. The van der Waals surface area contributed by atoms with Crippen LogP contribution in [0.4, 0.5) is 0 Å². The summed E-state index contributed by atoms with van der Waals surface area (Å²) in [6.45, 7) is 1.22. The van der Waals surface area contributed by atoms with Crippen LogP contribution in [0.2, 0.25) is 0 Å². The van der Waals surface area contributed by atoms with E-state index in [2.05, 4.69) is 10.3 Å². The zero-order chi connectivity index (χ0) is 20.4. The summed E-state index contributed by atoms with van der Waals surface area (Å²) in [6.07, 6.45) is 2.05. The number of rotatable bonds is 5. The summed E-state index contributed by atoms with van der Waals surface area (Å²) in [5.41, 5.74) is 1.37. The molecule has 1 aliphatic rings. The second-order valence-electron chi connectivity index (χ2n) is 6.87. The largest absolute Gasteiger partial charge is 0.497 e. The summed E-state index contributed by atoms with van der Waals surface area (Å²) in [5.74, 6) is 0.484. The lowest BCUT2D eigenvalue weighted by atomic mass is 10.1. The molecule has 0 saturated carbocycles. The maximum Gasteiger partial charge on any atom is 0.266 e. The fourth-order valence-electron chi connectivity index (χ4n) is 3.44. The Balaban J connectivity index is 1.65. The first-order chi connectivity index (χ1) is 14.1. The van der Waals surface area contributed by atoms with Gasteiger partial charge in [-0.1, -0.05) is 0 Å². The zero-order valence-electron chi connectivity index (χ0n) is 15.9. The van der Waals surface area contributed by atoms with E-state index < -0.39 is 0 Å². The van der Waals surface area contributed by atoms with Gasteiger partial charge in [-0.2, -0.15) is 0 Å². The van der Waals surface area contributed by atoms with E-state index in [0.29, 0.717) is 34.4 Å². The van der Waals surface area contributed by atoms with Gasteiger partial charge in [0.15, 0.2) is 4.77 Å². The van der Waals surface area contributed by atoms with Gasteiger partial charge in [-0.15, -0.1) is 0 Å². The van der Waals surface area contributed by atoms with E-state index >= 15 is 0 Å². The minimum atomic E-state index is -0.250. The van der Waals surface area contributed by atoms with Crippen molar-refractivity contribution in [2.75, 3.05) is 20.3 Å². The third-order valence-corrected chi connectivity index (χ3v) is 5.29. The Labute approximate surface area is 172 Å². The standard InChI is InChI=1S/C21H21N3O4S/c1-27-15-7-5-14(6-8-15)24-20(26)17-9-4-13(11-18(17)23-21(24)29)19(25)22-12-16-3-2-10-28-16/h4-9,11,16H,2-3,10,12H2,1H3,(H,22,25)(H,23,29). The van der Waals surface area contributed by atoms with Crippen molar-refractivity contribution in [2.45, 2.75) is 18.9 Å². The van der Waals surface area contributed by atoms with E-state index in [9.17, 15) is 9.59 Å². The Morgan fingerprint density at radius 2 is 2.10 bits per heavy atom. The van der Waals surface area contributed by atoms with Gasteiger partial charge in [0.2, 0.25) is 0 Å². The van der Waals surface area contributed by atoms with Crippen molar-refractivity contribution in [1.29, 1.82) is 0 Å². The van der Waals surface area contributed by atoms with Crippen LogP contribution in [0.5, 0.6) is 5.75 Å². The Hall–Kier alpha value is -2.97. The molecule has 1 aromatic heterocycles. The average Bonchev–Trinajstić information content (AvgIpc) is 3.26. The second kappa shape index (κ2) is 8.18. The highest BCUT2D eigenvalue weighted by atomic mass is 32.1. The molecule has 1 amide bonds. The molecule has 0 aliphatic carbocycles. The summed E-state index contributed by atoms with van der Waals surface area (Å²) in [5, 5.41) is 3.33. The molecule has 2 heterocycles. The molecule has 4 rings (SSSR count). The number of aromatic nitrogens is 2. The first-order valence-corrected chi connectivity index (χ1v) is 9.81. The number of amides is 1. The molecule has 0 bridgehead atoms. The fourth-order valence-corrected chi connectivity index (χ4v) is 3.74. The van der Waals surface area contributed by atoms with E-state index in [1.165, 1.54) is 4.57 Å². The third kappa shape index (κ3) is 3.94. The third-order valence-electron chi connectivity index (χ3n) is 5.00. The summed E-state index contributed by atoms with van der Waals surface area (Å²) in [6, 6.07) is 12.0. The molecule has 1 unspecified atom stereocenters. The second-order valence-corrected chi connectivity index (χ2v) is 7.26. The van der Waals surface area contributed by atoms with Crippen LogP contribution in [0.25, 0.3) is 16.6 Å². The molecular weight excluding hydrogens is 390 g/mol. The van der Waals surface area contributed by atoms with Crippen molar-refractivity contribution in [3.05, 3.63) is 63.2 Å². The zero-order valence-corrected chi connectivity index (χ0v) is 16.8. The van der Waals surface area contributed by atoms with E-state index in [1.807, 2.05) is 0 Å². The maximum absolute atomic E-state index is 13.0. The number of hydrogen-bond donors (Lipinski definition) is 2. The minimum absolute atomic E-state index is 0.0712. The number of nitrogens with zero attached hydrogens (tertiary/aromatic N) is 1.